The quantitative estimate of drug-likeness (QED) is 0.472. The Morgan fingerprint density at radius 3 is 2.24 bits per heavy atom. The summed E-state index contributed by atoms with van der Waals surface area (Å²) in [6.07, 6.45) is 0. The molecular formula is C14H9ClOZn. The van der Waals surface area contributed by atoms with Crippen LogP contribution in [0.15, 0.2) is 59.0 Å². The summed E-state index contributed by atoms with van der Waals surface area (Å²) in [5, 5.41) is 1.02. The van der Waals surface area contributed by atoms with Crippen molar-refractivity contribution < 1.29 is 21.7 Å². The molecule has 80 valence electrons. The smallest absolute Gasteiger partial charge is 0.0486 e. The standard InChI is InChI=1S/C14H9O.ClH.Zn/c1-2-6-11(7-3-1)14-10-12-8-4-5-9-13(12)15-14;;/h1-9H;1H;/q-1;;+2/p-1. The molecule has 0 N–H and O–H groups in total. The summed E-state index contributed by atoms with van der Waals surface area (Å²) in [4.78, 5) is 0. The Labute approximate surface area is 114 Å². The van der Waals surface area contributed by atoms with Crippen molar-refractivity contribution in [2.75, 3.05) is 0 Å². The van der Waals surface area contributed by atoms with Gasteiger partial charge in [0, 0.05) is 11.3 Å². The van der Waals surface area contributed by atoms with Gasteiger partial charge in [-0.1, -0.05) is 54.1 Å². The first-order chi connectivity index (χ1) is 8.43. The van der Waals surface area contributed by atoms with Crippen LogP contribution in [0.2, 0.25) is 0 Å². The van der Waals surface area contributed by atoms with Crippen LogP contribution in [0.1, 0.15) is 0 Å². The van der Waals surface area contributed by atoms with Crippen LogP contribution < -0.4 is 0 Å². The molecule has 0 aliphatic rings. The third kappa shape index (κ3) is 2.77. The summed E-state index contributed by atoms with van der Waals surface area (Å²) in [6, 6.07) is 21.2. The molecule has 0 aliphatic heterocycles. The molecule has 0 bridgehead atoms. The minimum Gasteiger partial charge on any atom is -0.519 e. The molecule has 2 aromatic carbocycles. The molecule has 0 atom stereocenters. The van der Waals surface area contributed by atoms with Crippen molar-refractivity contribution >= 4 is 20.7 Å². The molecule has 17 heavy (non-hydrogen) atoms. The van der Waals surface area contributed by atoms with Crippen LogP contribution in [0.3, 0.4) is 0 Å². The van der Waals surface area contributed by atoms with E-state index in [0.717, 1.165) is 39.6 Å². The SMILES string of the molecule is [Cl][Zn+].[c-]1c(-c2ccccc2)oc2ccccc12. The number of fused-ring (bicyclic) bond motifs is 1. The second-order valence-corrected chi connectivity index (χ2v) is 3.42. The van der Waals surface area contributed by atoms with E-state index in [-0.39, 0.29) is 0 Å². The van der Waals surface area contributed by atoms with Gasteiger partial charge in [-0.25, -0.2) is 0 Å². The summed E-state index contributed by atoms with van der Waals surface area (Å²) >= 11 is 0.847. The Kier molecular flexibility index (Phi) is 4.36. The summed E-state index contributed by atoms with van der Waals surface area (Å²) in [6.45, 7) is 0. The molecule has 3 aromatic rings. The van der Waals surface area contributed by atoms with Gasteiger partial charge >= 0.3 is 27.0 Å². The zero-order valence-electron chi connectivity index (χ0n) is 9.19. The number of rotatable bonds is 1. The Morgan fingerprint density at radius 2 is 1.53 bits per heavy atom. The molecule has 0 fully saturated rings. The van der Waals surface area contributed by atoms with Crippen LogP contribution in [0.4, 0.5) is 0 Å². The Hall–Kier alpha value is -1.11. The molecule has 0 saturated heterocycles. The van der Waals surface area contributed by atoms with Crippen molar-refractivity contribution in [3.8, 4) is 11.3 Å². The maximum Gasteiger partial charge on any atom is 0.0486 e. The second kappa shape index (κ2) is 6.00. The van der Waals surface area contributed by atoms with Crippen molar-refractivity contribution in [2.24, 2.45) is 0 Å². The van der Waals surface area contributed by atoms with Gasteiger partial charge < -0.3 is 4.42 Å². The number of hydrogen-bond donors (Lipinski definition) is 0. The minimum atomic E-state index is 0.803. The van der Waals surface area contributed by atoms with E-state index >= 15 is 0 Å². The third-order valence-corrected chi connectivity index (χ3v) is 2.38. The van der Waals surface area contributed by atoms with Crippen molar-refractivity contribution in [1.29, 1.82) is 0 Å². The normalized spacial score (nSPS) is 9.82. The zero-order valence-corrected chi connectivity index (χ0v) is 12.9. The Morgan fingerprint density at radius 1 is 0.882 bits per heavy atom. The number of hydrogen-bond acceptors (Lipinski definition) is 1. The first kappa shape index (κ1) is 12.4. The monoisotopic (exact) mass is 292 g/mol. The van der Waals surface area contributed by atoms with Crippen molar-refractivity contribution in [2.45, 2.75) is 0 Å². The van der Waals surface area contributed by atoms with Crippen LogP contribution in [0.25, 0.3) is 22.3 Å². The third-order valence-electron chi connectivity index (χ3n) is 2.38. The molecule has 3 rings (SSSR count). The summed E-state index contributed by atoms with van der Waals surface area (Å²) < 4.78 is 5.70. The summed E-state index contributed by atoms with van der Waals surface area (Å²) in [5.41, 5.74) is 1.95. The van der Waals surface area contributed by atoms with E-state index in [1.165, 1.54) is 0 Å². The molecule has 0 saturated carbocycles. The van der Waals surface area contributed by atoms with Gasteiger partial charge in [0.05, 0.1) is 0 Å². The average molecular weight is 294 g/mol. The van der Waals surface area contributed by atoms with Crippen LogP contribution in [-0.4, -0.2) is 0 Å². The largest absolute Gasteiger partial charge is 0.519 e. The van der Waals surface area contributed by atoms with E-state index in [2.05, 4.69) is 6.07 Å². The van der Waals surface area contributed by atoms with Gasteiger partial charge in [-0.05, 0) is 0 Å². The van der Waals surface area contributed by atoms with E-state index in [9.17, 15) is 0 Å². The van der Waals surface area contributed by atoms with Gasteiger partial charge in [-0.2, -0.15) is 0 Å². The van der Waals surface area contributed by atoms with Gasteiger partial charge in [0.1, 0.15) is 0 Å². The maximum atomic E-state index is 5.70. The summed E-state index contributed by atoms with van der Waals surface area (Å²) in [5.74, 6) is 0.803. The second-order valence-electron chi connectivity index (χ2n) is 3.42. The Balaban J connectivity index is 0.000000514. The number of furan rings is 1. The van der Waals surface area contributed by atoms with Crippen LogP contribution in [-0.2, 0) is 17.3 Å². The van der Waals surface area contributed by atoms with E-state index in [1.54, 1.807) is 0 Å². The predicted octanol–water partition coefficient (Wildman–Crippen LogP) is 4.59. The Bertz CT molecular complexity index is 556. The molecule has 1 nitrogen and oxygen atoms in total. The van der Waals surface area contributed by atoms with Gasteiger partial charge in [0.15, 0.2) is 0 Å². The van der Waals surface area contributed by atoms with Crippen LogP contribution in [0, 0.1) is 6.07 Å². The number of benzene rings is 2. The maximum absolute atomic E-state index is 5.70. The van der Waals surface area contributed by atoms with Gasteiger partial charge in [-0.3, -0.25) is 0 Å². The molecule has 0 spiro atoms. The first-order valence-corrected chi connectivity index (χ1v) is 9.06. The minimum absolute atomic E-state index is 0.803. The molecule has 0 radical (unpaired) electrons. The number of halogens is 1. The van der Waals surface area contributed by atoms with Crippen LogP contribution >= 0.6 is 9.69 Å². The number of para-hydroxylation sites is 1. The molecule has 0 amide bonds. The van der Waals surface area contributed by atoms with E-state index < -0.39 is 0 Å². The van der Waals surface area contributed by atoms with Crippen molar-refractivity contribution in [1.82, 2.24) is 0 Å². The van der Waals surface area contributed by atoms with Gasteiger partial charge in [-0.15, -0.1) is 17.5 Å². The predicted molar refractivity (Wildman–Crippen MR) is 66.3 cm³/mol. The topological polar surface area (TPSA) is 13.1 Å². The van der Waals surface area contributed by atoms with Crippen molar-refractivity contribution in [3.63, 3.8) is 0 Å². The van der Waals surface area contributed by atoms with E-state index in [4.69, 9.17) is 14.1 Å². The fraction of sp³-hybridized carbons (Fsp3) is 0. The van der Waals surface area contributed by atoms with E-state index in [1.807, 2.05) is 54.6 Å². The molecule has 0 aliphatic carbocycles. The van der Waals surface area contributed by atoms with E-state index in [0.29, 0.717) is 0 Å². The fourth-order valence-electron chi connectivity index (χ4n) is 1.64. The van der Waals surface area contributed by atoms with Gasteiger partial charge in [0.2, 0.25) is 0 Å². The molecular weight excluding hydrogens is 285 g/mol. The first-order valence-electron chi connectivity index (χ1n) is 5.16. The molecule has 0 unspecified atom stereocenters. The molecule has 1 heterocycles. The average Bonchev–Trinajstić information content (AvgIpc) is 2.86. The zero-order chi connectivity index (χ0) is 12.1. The van der Waals surface area contributed by atoms with Crippen LogP contribution in [0.5, 0.6) is 0 Å². The summed E-state index contributed by atoms with van der Waals surface area (Å²) in [7, 11) is 4.76. The van der Waals surface area contributed by atoms with Gasteiger partial charge in [0.25, 0.3) is 0 Å². The van der Waals surface area contributed by atoms with Crippen molar-refractivity contribution in [3.05, 3.63) is 60.7 Å². The fourth-order valence-corrected chi connectivity index (χ4v) is 1.64. The molecule has 3 heteroatoms. The molecule has 1 aromatic heterocycles.